The molecule has 0 amide bonds. The summed E-state index contributed by atoms with van der Waals surface area (Å²) in [5.74, 6) is 1.41. The van der Waals surface area contributed by atoms with Crippen molar-refractivity contribution in [2.45, 2.75) is 92.3 Å². The minimum Gasteiger partial charge on any atom is -0.458 e. The Hall–Kier alpha value is -1.32. The molecule has 0 aromatic rings. The molecule has 4 heteroatoms. The van der Waals surface area contributed by atoms with E-state index in [1.807, 2.05) is 0 Å². The van der Waals surface area contributed by atoms with Crippen LogP contribution in [0.2, 0.25) is 0 Å². The van der Waals surface area contributed by atoms with E-state index in [1.165, 1.54) is 0 Å². The topological polar surface area (TPSA) is 52.6 Å². The van der Waals surface area contributed by atoms with Crippen molar-refractivity contribution in [1.82, 2.24) is 0 Å². The monoisotopic (exact) mass is 392 g/mol. The summed E-state index contributed by atoms with van der Waals surface area (Å²) in [6.07, 6.45) is 5.87. The highest BCUT2D eigenvalue weighted by atomic mass is 16.6. The van der Waals surface area contributed by atoms with Crippen molar-refractivity contribution in [1.29, 1.82) is 0 Å². The molecule has 0 aliphatic heterocycles. The highest BCUT2D eigenvalue weighted by molar-refractivity contribution is 6.13. The molecule has 0 saturated heterocycles. The largest absolute Gasteiger partial charge is 0.458 e. The predicted octanol–water partition coefficient (Wildman–Crippen LogP) is 5.55. The average Bonchev–Trinajstić information content (AvgIpc) is 2.60. The van der Waals surface area contributed by atoms with Crippen molar-refractivity contribution in [3.63, 3.8) is 0 Å². The first kappa shape index (κ1) is 23.0. The van der Waals surface area contributed by atoms with Gasteiger partial charge in [0.05, 0.1) is 0 Å². The van der Waals surface area contributed by atoms with Crippen LogP contribution in [0.4, 0.5) is 0 Å². The summed E-state index contributed by atoms with van der Waals surface area (Å²) in [5.41, 5.74) is -0.165. The fraction of sp³-hybridized carbons (Fsp3) is 0.833. The lowest BCUT2D eigenvalue weighted by atomic mass is 9.75. The van der Waals surface area contributed by atoms with Crippen molar-refractivity contribution < 1.29 is 19.1 Å². The number of carbonyl (C=O) groups is 2. The molecule has 0 aromatic heterocycles. The van der Waals surface area contributed by atoms with Crippen molar-refractivity contribution in [2.75, 3.05) is 0 Å². The lowest BCUT2D eigenvalue weighted by Gasteiger charge is -2.37. The van der Waals surface area contributed by atoms with Crippen LogP contribution in [-0.4, -0.2) is 24.1 Å². The van der Waals surface area contributed by atoms with Gasteiger partial charge < -0.3 is 9.47 Å². The third kappa shape index (κ3) is 5.84. The van der Waals surface area contributed by atoms with Crippen LogP contribution in [0.3, 0.4) is 0 Å². The molecule has 0 bridgehead atoms. The van der Waals surface area contributed by atoms with Gasteiger partial charge in [0, 0.05) is 0 Å². The van der Waals surface area contributed by atoms with Crippen molar-refractivity contribution in [3.05, 3.63) is 12.2 Å². The zero-order valence-electron chi connectivity index (χ0n) is 18.7. The lowest BCUT2D eigenvalue weighted by Crippen LogP contribution is -2.38. The molecule has 0 heterocycles. The molecule has 2 aliphatic carbocycles. The van der Waals surface area contributed by atoms with Gasteiger partial charge in [-0.15, -0.1) is 0 Å². The molecule has 0 radical (unpaired) electrons. The van der Waals surface area contributed by atoms with Crippen LogP contribution in [0.15, 0.2) is 12.2 Å². The van der Waals surface area contributed by atoms with E-state index in [2.05, 4.69) is 48.1 Å². The van der Waals surface area contributed by atoms with Crippen LogP contribution >= 0.6 is 0 Å². The number of hydrogen-bond acceptors (Lipinski definition) is 4. The SMILES string of the molecule is C=C(C(=O)O[C@@H]1C[C@H](C)CC[C@H]1C(C)C)C(=O)O[C@@H]1C[C@H](C)CC[C@H]1C(C)C. The quantitative estimate of drug-likeness (QED) is 0.257. The molecule has 2 fully saturated rings. The maximum absolute atomic E-state index is 12.6. The first-order valence-electron chi connectivity index (χ1n) is 11.2. The minimum atomic E-state index is -0.611. The first-order chi connectivity index (χ1) is 13.1. The second-order valence-electron chi connectivity index (χ2n) is 10.0. The Morgan fingerprint density at radius 3 is 1.43 bits per heavy atom. The molecule has 2 aliphatic rings. The van der Waals surface area contributed by atoms with E-state index in [0.717, 1.165) is 38.5 Å². The van der Waals surface area contributed by atoms with E-state index in [0.29, 0.717) is 35.5 Å². The van der Waals surface area contributed by atoms with Gasteiger partial charge in [0.2, 0.25) is 0 Å². The molecule has 0 unspecified atom stereocenters. The zero-order chi connectivity index (χ0) is 21.0. The molecule has 160 valence electrons. The van der Waals surface area contributed by atoms with Crippen molar-refractivity contribution in [2.24, 2.45) is 35.5 Å². The van der Waals surface area contributed by atoms with Gasteiger partial charge in [-0.1, -0.05) is 61.0 Å². The highest BCUT2D eigenvalue weighted by Gasteiger charge is 2.37. The third-order valence-electron chi connectivity index (χ3n) is 6.93. The van der Waals surface area contributed by atoms with E-state index in [1.54, 1.807) is 0 Å². The smallest absolute Gasteiger partial charge is 0.345 e. The second kappa shape index (κ2) is 9.93. The molecule has 2 saturated carbocycles. The zero-order valence-corrected chi connectivity index (χ0v) is 18.7. The van der Waals surface area contributed by atoms with Gasteiger partial charge >= 0.3 is 11.9 Å². The van der Waals surface area contributed by atoms with Gasteiger partial charge in [0.1, 0.15) is 17.8 Å². The van der Waals surface area contributed by atoms with E-state index in [9.17, 15) is 9.59 Å². The van der Waals surface area contributed by atoms with Crippen LogP contribution in [0.1, 0.15) is 80.1 Å². The Morgan fingerprint density at radius 2 is 1.11 bits per heavy atom. The molecule has 0 N–H and O–H groups in total. The van der Waals surface area contributed by atoms with E-state index in [-0.39, 0.29) is 17.8 Å². The number of hydrogen-bond donors (Lipinski definition) is 0. The summed E-state index contributed by atoms with van der Waals surface area (Å²) in [6.45, 7) is 16.8. The third-order valence-corrected chi connectivity index (χ3v) is 6.93. The van der Waals surface area contributed by atoms with E-state index in [4.69, 9.17) is 9.47 Å². The Balaban J connectivity index is 1.97. The molecular formula is C24H40O4. The molecule has 2 rings (SSSR count). The van der Waals surface area contributed by atoms with Gasteiger partial charge in [0.25, 0.3) is 0 Å². The van der Waals surface area contributed by atoms with Gasteiger partial charge in [0.15, 0.2) is 0 Å². The Morgan fingerprint density at radius 1 is 0.750 bits per heavy atom. The normalized spacial score (nSPS) is 33.6. The molecular weight excluding hydrogens is 352 g/mol. The second-order valence-corrected chi connectivity index (χ2v) is 10.0. The van der Waals surface area contributed by atoms with Crippen LogP contribution in [0.25, 0.3) is 0 Å². The molecule has 0 spiro atoms. The van der Waals surface area contributed by atoms with Gasteiger partial charge in [-0.05, 0) is 61.2 Å². The summed E-state index contributed by atoms with van der Waals surface area (Å²) in [7, 11) is 0. The highest BCUT2D eigenvalue weighted by Crippen LogP contribution is 2.37. The van der Waals surface area contributed by atoms with Crippen LogP contribution in [-0.2, 0) is 19.1 Å². The summed E-state index contributed by atoms with van der Waals surface area (Å²) >= 11 is 0. The summed E-state index contributed by atoms with van der Waals surface area (Å²) in [4.78, 5) is 25.3. The van der Waals surface area contributed by atoms with Gasteiger partial charge in [-0.3, -0.25) is 0 Å². The number of carbonyl (C=O) groups excluding carboxylic acids is 2. The Labute approximate surface area is 171 Å². The van der Waals surface area contributed by atoms with Gasteiger partial charge in [-0.2, -0.15) is 0 Å². The fourth-order valence-corrected chi connectivity index (χ4v) is 5.00. The molecule has 0 aromatic carbocycles. The predicted molar refractivity (Wildman–Crippen MR) is 112 cm³/mol. The fourth-order valence-electron chi connectivity index (χ4n) is 5.00. The first-order valence-corrected chi connectivity index (χ1v) is 11.2. The van der Waals surface area contributed by atoms with E-state index >= 15 is 0 Å². The Bertz CT molecular complexity index is 517. The maximum atomic E-state index is 12.6. The van der Waals surface area contributed by atoms with Crippen LogP contribution < -0.4 is 0 Å². The van der Waals surface area contributed by atoms with Gasteiger partial charge in [-0.25, -0.2) is 9.59 Å². The van der Waals surface area contributed by atoms with E-state index < -0.39 is 11.9 Å². The summed E-state index contributed by atoms with van der Waals surface area (Å²) in [6, 6.07) is 0. The molecule has 6 atom stereocenters. The number of esters is 2. The molecule has 4 nitrogen and oxygen atoms in total. The Kier molecular flexibility index (Phi) is 8.15. The standard InChI is InChI=1S/C24H40O4/c1-14(2)19-10-8-16(5)12-21(19)27-23(25)18(7)24(26)28-22-13-17(6)9-11-20(22)15(3)4/h14-17,19-22H,7-13H2,1-6H3/t16-,17-,19+,20+,21-,22-/m1/s1. The minimum absolute atomic E-state index is 0.140. The summed E-state index contributed by atoms with van der Waals surface area (Å²) < 4.78 is 11.5. The van der Waals surface area contributed by atoms with Crippen LogP contribution in [0, 0.1) is 35.5 Å². The average molecular weight is 393 g/mol. The van der Waals surface area contributed by atoms with Crippen molar-refractivity contribution in [3.8, 4) is 0 Å². The number of rotatable bonds is 6. The number of ether oxygens (including phenoxy) is 2. The van der Waals surface area contributed by atoms with Crippen LogP contribution in [0.5, 0.6) is 0 Å². The molecule has 28 heavy (non-hydrogen) atoms. The lowest BCUT2D eigenvalue weighted by molar-refractivity contribution is -0.159. The van der Waals surface area contributed by atoms with Crippen molar-refractivity contribution >= 4 is 11.9 Å². The maximum Gasteiger partial charge on any atom is 0.345 e. The summed E-state index contributed by atoms with van der Waals surface area (Å²) in [5, 5.41) is 0.